The number of piperidine rings is 1. The van der Waals surface area contributed by atoms with Crippen LogP contribution >= 0.6 is 15.9 Å². The van der Waals surface area contributed by atoms with Crippen molar-refractivity contribution in [1.82, 2.24) is 5.32 Å². The molecule has 1 heterocycles. The lowest BCUT2D eigenvalue weighted by Crippen LogP contribution is -2.31. The van der Waals surface area contributed by atoms with Gasteiger partial charge in [0.15, 0.2) is 0 Å². The molecule has 2 nitrogen and oxygen atoms in total. The largest absolute Gasteiger partial charge is 0.418 e. The zero-order valence-corrected chi connectivity index (χ0v) is 11.9. The van der Waals surface area contributed by atoms with Gasteiger partial charge in [-0.05, 0) is 50.0 Å². The Balaban J connectivity index is 2.06. The zero-order chi connectivity index (χ0) is 13.9. The van der Waals surface area contributed by atoms with Crippen molar-refractivity contribution in [1.29, 1.82) is 0 Å². The number of halogens is 4. The van der Waals surface area contributed by atoms with Crippen LogP contribution in [0.3, 0.4) is 0 Å². The van der Waals surface area contributed by atoms with E-state index in [1.165, 1.54) is 6.07 Å². The quantitative estimate of drug-likeness (QED) is 0.875. The van der Waals surface area contributed by atoms with E-state index in [0.29, 0.717) is 16.9 Å². The summed E-state index contributed by atoms with van der Waals surface area (Å²) in [6.45, 7) is 2.48. The molecule has 6 heteroatoms. The Morgan fingerprint density at radius 3 is 2.58 bits per heavy atom. The van der Waals surface area contributed by atoms with Gasteiger partial charge in [-0.1, -0.05) is 15.9 Å². The normalized spacial score (nSPS) is 17.5. The lowest BCUT2D eigenvalue weighted by atomic mass is 9.98. The molecule has 2 rings (SSSR count). The third-order valence-corrected chi connectivity index (χ3v) is 3.82. The standard InChI is InChI=1S/C13H16BrF3N2/c14-10-1-2-12(11(7-10)13(15,16)17)19-8-9-3-5-18-6-4-9/h1-2,7,9,18-19H,3-6,8H2. The van der Waals surface area contributed by atoms with Crippen LogP contribution in [0.4, 0.5) is 18.9 Å². The van der Waals surface area contributed by atoms with Crippen molar-refractivity contribution in [3.63, 3.8) is 0 Å². The molecule has 0 aliphatic carbocycles. The first-order chi connectivity index (χ1) is 8.97. The molecule has 0 unspecified atom stereocenters. The van der Waals surface area contributed by atoms with Crippen LogP contribution in [0, 0.1) is 5.92 Å². The van der Waals surface area contributed by atoms with E-state index in [4.69, 9.17) is 0 Å². The van der Waals surface area contributed by atoms with Crippen LogP contribution in [0.2, 0.25) is 0 Å². The number of hydrogen-bond acceptors (Lipinski definition) is 2. The minimum absolute atomic E-state index is 0.161. The van der Waals surface area contributed by atoms with Gasteiger partial charge in [0.25, 0.3) is 0 Å². The van der Waals surface area contributed by atoms with E-state index >= 15 is 0 Å². The molecule has 0 radical (unpaired) electrons. The van der Waals surface area contributed by atoms with Gasteiger partial charge in [0, 0.05) is 16.7 Å². The van der Waals surface area contributed by atoms with E-state index in [9.17, 15) is 13.2 Å². The molecular formula is C13H16BrF3N2. The van der Waals surface area contributed by atoms with E-state index < -0.39 is 11.7 Å². The number of alkyl halides is 3. The van der Waals surface area contributed by atoms with Gasteiger partial charge < -0.3 is 10.6 Å². The summed E-state index contributed by atoms with van der Waals surface area (Å²) >= 11 is 3.08. The molecular weight excluding hydrogens is 321 g/mol. The smallest absolute Gasteiger partial charge is 0.384 e. The average Bonchev–Trinajstić information content (AvgIpc) is 2.37. The van der Waals surface area contributed by atoms with Crippen LogP contribution in [-0.2, 0) is 6.18 Å². The minimum atomic E-state index is -4.33. The van der Waals surface area contributed by atoms with E-state index in [-0.39, 0.29) is 5.69 Å². The number of benzene rings is 1. The van der Waals surface area contributed by atoms with E-state index in [2.05, 4.69) is 26.6 Å². The van der Waals surface area contributed by atoms with Crippen molar-refractivity contribution < 1.29 is 13.2 Å². The summed E-state index contributed by atoms with van der Waals surface area (Å²) in [4.78, 5) is 0. The fourth-order valence-electron chi connectivity index (χ4n) is 2.25. The first-order valence-corrected chi connectivity index (χ1v) is 7.07. The Labute approximate surface area is 118 Å². The topological polar surface area (TPSA) is 24.1 Å². The summed E-state index contributed by atoms with van der Waals surface area (Å²) < 4.78 is 39.2. The van der Waals surface area contributed by atoms with Crippen LogP contribution in [0.5, 0.6) is 0 Å². The number of anilines is 1. The average molecular weight is 337 g/mol. The van der Waals surface area contributed by atoms with Gasteiger partial charge in [-0.2, -0.15) is 13.2 Å². The van der Waals surface area contributed by atoms with E-state index in [1.807, 2.05) is 0 Å². The molecule has 0 saturated carbocycles. The molecule has 1 aromatic rings. The minimum Gasteiger partial charge on any atom is -0.384 e. The molecule has 1 aliphatic rings. The van der Waals surface area contributed by atoms with Gasteiger partial charge in [0.1, 0.15) is 0 Å². The molecule has 0 atom stereocenters. The summed E-state index contributed by atoms with van der Waals surface area (Å²) in [5.74, 6) is 0.436. The van der Waals surface area contributed by atoms with Crippen molar-refractivity contribution in [3.8, 4) is 0 Å². The molecule has 0 amide bonds. The van der Waals surface area contributed by atoms with Crippen molar-refractivity contribution in [2.45, 2.75) is 19.0 Å². The SMILES string of the molecule is FC(F)(F)c1cc(Br)ccc1NCC1CCNCC1. The van der Waals surface area contributed by atoms with Crippen LogP contribution < -0.4 is 10.6 Å². The van der Waals surface area contributed by atoms with Gasteiger partial charge in [0.2, 0.25) is 0 Å². The molecule has 1 aromatic carbocycles. The maximum Gasteiger partial charge on any atom is 0.418 e. The fraction of sp³-hybridized carbons (Fsp3) is 0.538. The molecule has 0 aromatic heterocycles. The van der Waals surface area contributed by atoms with Crippen molar-refractivity contribution >= 4 is 21.6 Å². The Bertz CT molecular complexity index is 428. The van der Waals surface area contributed by atoms with Gasteiger partial charge in [0.05, 0.1) is 5.56 Å². The second kappa shape index (κ2) is 6.13. The maximum absolute atomic E-state index is 12.9. The van der Waals surface area contributed by atoms with Gasteiger partial charge in [-0.25, -0.2) is 0 Å². The van der Waals surface area contributed by atoms with Crippen LogP contribution in [0.1, 0.15) is 18.4 Å². The molecule has 1 aliphatic heterocycles. The summed E-state index contributed by atoms with van der Waals surface area (Å²) in [6.07, 6.45) is -2.32. The molecule has 1 fully saturated rings. The van der Waals surface area contributed by atoms with Crippen LogP contribution in [0.15, 0.2) is 22.7 Å². The van der Waals surface area contributed by atoms with Crippen molar-refractivity contribution in [2.75, 3.05) is 25.0 Å². The second-order valence-corrected chi connectivity index (χ2v) is 5.68. The molecule has 106 valence electrons. The first kappa shape index (κ1) is 14.7. The molecule has 0 spiro atoms. The summed E-state index contributed by atoms with van der Waals surface area (Å²) in [7, 11) is 0. The highest BCUT2D eigenvalue weighted by Crippen LogP contribution is 2.36. The van der Waals surface area contributed by atoms with Crippen LogP contribution in [0.25, 0.3) is 0 Å². The molecule has 19 heavy (non-hydrogen) atoms. The van der Waals surface area contributed by atoms with Crippen LogP contribution in [-0.4, -0.2) is 19.6 Å². The monoisotopic (exact) mass is 336 g/mol. The number of hydrogen-bond donors (Lipinski definition) is 2. The summed E-state index contributed by atoms with van der Waals surface area (Å²) in [5.41, 5.74) is -0.454. The lowest BCUT2D eigenvalue weighted by molar-refractivity contribution is -0.137. The van der Waals surface area contributed by atoms with Crippen molar-refractivity contribution in [2.24, 2.45) is 5.92 Å². The summed E-state index contributed by atoms with van der Waals surface area (Å²) in [5, 5.41) is 6.19. The van der Waals surface area contributed by atoms with E-state index in [1.54, 1.807) is 6.07 Å². The fourth-order valence-corrected chi connectivity index (χ4v) is 2.61. The van der Waals surface area contributed by atoms with Gasteiger partial charge in [-0.3, -0.25) is 0 Å². The Hall–Kier alpha value is -0.750. The Morgan fingerprint density at radius 2 is 1.95 bits per heavy atom. The number of nitrogens with one attached hydrogen (secondary N) is 2. The maximum atomic E-state index is 12.9. The molecule has 2 N–H and O–H groups in total. The Morgan fingerprint density at radius 1 is 1.26 bits per heavy atom. The van der Waals surface area contributed by atoms with Crippen molar-refractivity contribution in [3.05, 3.63) is 28.2 Å². The van der Waals surface area contributed by atoms with Gasteiger partial charge in [-0.15, -0.1) is 0 Å². The number of rotatable bonds is 3. The highest BCUT2D eigenvalue weighted by Gasteiger charge is 2.33. The van der Waals surface area contributed by atoms with E-state index in [0.717, 1.165) is 32.0 Å². The highest BCUT2D eigenvalue weighted by atomic mass is 79.9. The predicted octanol–water partition coefficient (Wildman–Crippen LogP) is 3.88. The highest BCUT2D eigenvalue weighted by molar-refractivity contribution is 9.10. The first-order valence-electron chi connectivity index (χ1n) is 6.28. The lowest BCUT2D eigenvalue weighted by Gasteiger charge is -2.24. The Kier molecular flexibility index (Phi) is 4.73. The predicted molar refractivity (Wildman–Crippen MR) is 73.2 cm³/mol. The zero-order valence-electron chi connectivity index (χ0n) is 10.4. The second-order valence-electron chi connectivity index (χ2n) is 4.76. The van der Waals surface area contributed by atoms with Gasteiger partial charge >= 0.3 is 6.18 Å². The molecule has 0 bridgehead atoms. The third-order valence-electron chi connectivity index (χ3n) is 3.33. The molecule has 1 saturated heterocycles. The summed E-state index contributed by atoms with van der Waals surface area (Å²) in [6, 6.07) is 4.22. The third kappa shape index (κ3) is 4.11.